The van der Waals surface area contributed by atoms with Crippen LogP contribution in [0.15, 0.2) is 0 Å². The van der Waals surface area contributed by atoms with Gasteiger partial charge < -0.3 is 10.2 Å². The van der Waals surface area contributed by atoms with E-state index in [0.29, 0.717) is 18.3 Å². The molecule has 0 bridgehead atoms. The molecule has 0 saturated carbocycles. The molecule has 0 fully saturated rings. The standard InChI is InChI=1S/C34H66O4/c1-6-11-23-29(8-3)27-34(33(37)38,28-30(9-4)24-12-7-2)31(10-5)25-21-19-17-15-13-14-16-18-20-22-26-32(35)36/h29-31H,6-28H2,1-5H3,(H,35,36)(H,37,38). The SMILES string of the molecule is CCCCC(CC)CC(CC(CC)CCCC)(C(=O)O)C(CC)CCCCCCCCCCCCC(=O)O. The Labute approximate surface area is 237 Å². The Kier molecular flexibility index (Phi) is 23.1. The number of carboxylic acids is 2. The number of carbonyl (C=O) groups is 2. The molecule has 0 aromatic carbocycles. The molecular weight excluding hydrogens is 472 g/mol. The van der Waals surface area contributed by atoms with Gasteiger partial charge in [-0.2, -0.15) is 0 Å². The summed E-state index contributed by atoms with van der Waals surface area (Å²) < 4.78 is 0. The molecular formula is C34H66O4. The first kappa shape index (κ1) is 36.9. The van der Waals surface area contributed by atoms with Gasteiger partial charge in [0.15, 0.2) is 0 Å². The predicted octanol–water partition coefficient (Wildman–Crippen LogP) is 11.1. The van der Waals surface area contributed by atoms with E-state index in [1.54, 1.807) is 0 Å². The molecule has 4 nitrogen and oxygen atoms in total. The maximum Gasteiger partial charge on any atom is 0.309 e. The first-order chi connectivity index (χ1) is 18.3. The molecule has 0 heterocycles. The summed E-state index contributed by atoms with van der Waals surface area (Å²) in [4.78, 5) is 23.8. The van der Waals surface area contributed by atoms with Crippen LogP contribution in [0, 0.1) is 23.2 Å². The lowest BCUT2D eigenvalue weighted by Gasteiger charge is -2.42. The number of rotatable bonds is 28. The average molecular weight is 539 g/mol. The van der Waals surface area contributed by atoms with Crippen LogP contribution >= 0.6 is 0 Å². The number of carboxylic acid groups (broad SMARTS) is 2. The highest BCUT2D eigenvalue weighted by molar-refractivity contribution is 5.75. The van der Waals surface area contributed by atoms with E-state index in [1.165, 1.54) is 77.0 Å². The maximum absolute atomic E-state index is 13.2. The third-order valence-corrected chi connectivity index (χ3v) is 9.29. The van der Waals surface area contributed by atoms with Crippen LogP contribution in [0.3, 0.4) is 0 Å². The van der Waals surface area contributed by atoms with Gasteiger partial charge in [-0.1, -0.05) is 150 Å². The van der Waals surface area contributed by atoms with Crippen molar-refractivity contribution in [2.24, 2.45) is 23.2 Å². The fourth-order valence-electron chi connectivity index (χ4n) is 6.64. The van der Waals surface area contributed by atoms with E-state index in [1.807, 2.05) is 0 Å². The third kappa shape index (κ3) is 16.1. The molecule has 0 radical (unpaired) electrons. The second kappa shape index (κ2) is 23.8. The molecule has 0 rings (SSSR count). The summed E-state index contributed by atoms with van der Waals surface area (Å²) in [5.41, 5.74) is -0.571. The maximum atomic E-state index is 13.2. The van der Waals surface area contributed by atoms with Gasteiger partial charge in [0.25, 0.3) is 0 Å². The van der Waals surface area contributed by atoms with Gasteiger partial charge in [-0.15, -0.1) is 0 Å². The highest BCUT2D eigenvalue weighted by Gasteiger charge is 2.46. The first-order valence-electron chi connectivity index (χ1n) is 16.8. The fraction of sp³-hybridized carbons (Fsp3) is 0.941. The topological polar surface area (TPSA) is 74.6 Å². The van der Waals surface area contributed by atoms with Crippen LogP contribution in [-0.2, 0) is 9.59 Å². The second-order valence-corrected chi connectivity index (χ2v) is 12.3. The van der Waals surface area contributed by atoms with E-state index in [9.17, 15) is 14.7 Å². The number of aliphatic carboxylic acids is 2. The van der Waals surface area contributed by atoms with Crippen LogP contribution in [0.1, 0.15) is 182 Å². The molecule has 226 valence electrons. The van der Waals surface area contributed by atoms with E-state index < -0.39 is 17.4 Å². The largest absolute Gasteiger partial charge is 0.481 e. The lowest BCUT2D eigenvalue weighted by atomic mass is 9.61. The number of unbranched alkanes of at least 4 members (excludes halogenated alkanes) is 11. The minimum absolute atomic E-state index is 0.275. The van der Waals surface area contributed by atoms with Crippen LogP contribution in [0.4, 0.5) is 0 Å². The molecule has 0 aromatic rings. The van der Waals surface area contributed by atoms with E-state index in [-0.39, 0.29) is 5.92 Å². The molecule has 4 heteroatoms. The molecule has 0 amide bonds. The van der Waals surface area contributed by atoms with Gasteiger partial charge in [0.1, 0.15) is 0 Å². The van der Waals surface area contributed by atoms with Gasteiger partial charge in [-0.05, 0) is 43.4 Å². The van der Waals surface area contributed by atoms with Crippen molar-refractivity contribution in [2.45, 2.75) is 182 Å². The van der Waals surface area contributed by atoms with E-state index >= 15 is 0 Å². The minimum atomic E-state index is -0.681. The Morgan fingerprint density at radius 2 is 0.974 bits per heavy atom. The Balaban J connectivity index is 4.98. The van der Waals surface area contributed by atoms with Crippen molar-refractivity contribution in [2.75, 3.05) is 0 Å². The monoisotopic (exact) mass is 538 g/mol. The summed E-state index contributed by atoms with van der Waals surface area (Å²) in [6.45, 7) is 11.2. The molecule has 3 unspecified atom stereocenters. The van der Waals surface area contributed by atoms with Crippen molar-refractivity contribution >= 4 is 11.9 Å². The molecule has 3 atom stereocenters. The summed E-state index contributed by atoms with van der Waals surface area (Å²) in [6, 6.07) is 0. The summed E-state index contributed by atoms with van der Waals surface area (Å²) in [5.74, 6) is 0.120. The van der Waals surface area contributed by atoms with Gasteiger partial charge in [-0.3, -0.25) is 9.59 Å². The summed E-state index contributed by atoms with van der Waals surface area (Å²) >= 11 is 0. The van der Waals surface area contributed by atoms with Crippen molar-refractivity contribution < 1.29 is 19.8 Å². The lowest BCUT2D eigenvalue weighted by Crippen LogP contribution is -2.42. The summed E-state index contributed by atoms with van der Waals surface area (Å²) in [7, 11) is 0. The number of hydrogen-bond donors (Lipinski definition) is 2. The van der Waals surface area contributed by atoms with Crippen molar-refractivity contribution in [3.05, 3.63) is 0 Å². The molecule has 0 aliphatic heterocycles. The Morgan fingerprint density at radius 3 is 1.32 bits per heavy atom. The highest BCUT2D eigenvalue weighted by atomic mass is 16.4. The van der Waals surface area contributed by atoms with E-state index in [2.05, 4.69) is 34.6 Å². The van der Waals surface area contributed by atoms with E-state index in [4.69, 9.17) is 5.11 Å². The Hall–Kier alpha value is -1.06. The lowest BCUT2D eigenvalue weighted by molar-refractivity contribution is -0.157. The van der Waals surface area contributed by atoms with Crippen LogP contribution < -0.4 is 0 Å². The average Bonchev–Trinajstić information content (AvgIpc) is 2.90. The quantitative estimate of drug-likeness (QED) is 0.0971. The van der Waals surface area contributed by atoms with Gasteiger partial charge in [0.05, 0.1) is 5.41 Å². The normalized spacial score (nSPS) is 15.6. The minimum Gasteiger partial charge on any atom is -0.481 e. The molecule has 38 heavy (non-hydrogen) atoms. The van der Waals surface area contributed by atoms with Gasteiger partial charge in [0.2, 0.25) is 0 Å². The fourth-order valence-corrected chi connectivity index (χ4v) is 6.64. The Bertz CT molecular complexity index is 555. The molecule has 0 aliphatic carbocycles. The molecule has 0 spiro atoms. The first-order valence-corrected chi connectivity index (χ1v) is 16.8. The second-order valence-electron chi connectivity index (χ2n) is 12.3. The molecule has 0 aliphatic rings. The van der Waals surface area contributed by atoms with Crippen molar-refractivity contribution in [3.8, 4) is 0 Å². The summed E-state index contributed by atoms with van der Waals surface area (Å²) in [5, 5.41) is 19.6. The Morgan fingerprint density at radius 1 is 0.553 bits per heavy atom. The van der Waals surface area contributed by atoms with Crippen molar-refractivity contribution in [1.82, 2.24) is 0 Å². The van der Waals surface area contributed by atoms with Crippen molar-refractivity contribution in [3.63, 3.8) is 0 Å². The molecule has 0 aromatic heterocycles. The van der Waals surface area contributed by atoms with Crippen LogP contribution in [0.5, 0.6) is 0 Å². The molecule has 0 saturated heterocycles. The van der Waals surface area contributed by atoms with Gasteiger partial charge in [-0.25, -0.2) is 0 Å². The zero-order valence-electron chi connectivity index (χ0n) is 26.2. The summed E-state index contributed by atoms with van der Waals surface area (Å²) in [6.07, 6.45) is 25.0. The van der Waals surface area contributed by atoms with Gasteiger partial charge >= 0.3 is 11.9 Å². The molecule has 2 N–H and O–H groups in total. The predicted molar refractivity (Wildman–Crippen MR) is 163 cm³/mol. The smallest absolute Gasteiger partial charge is 0.309 e. The third-order valence-electron chi connectivity index (χ3n) is 9.29. The van der Waals surface area contributed by atoms with Crippen LogP contribution in [0.2, 0.25) is 0 Å². The zero-order chi connectivity index (χ0) is 28.7. The zero-order valence-corrected chi connectivity index (χ0v) is 26.2. The van der Waals surface area contributed by atoms with E-state index in [0.717, 1.165) is 64.2 Å². The van der Waals surface area contributed by atoms with Crippen molar-refractivity contribution in [1.29, 1.82) is 0 Å². The van der Waals surface area contributed by atoms with Crippen LogP contribution in [0.25, 0.3) is 0 Å². The highest BCUT2D eigenvalue weighted by Crippen LogP contribution is 2.47. The van der Waals surface area contributed by atoms with Gasteiger partial charge in [0, 0.05) is 6.42 Å². The number of hydrogen-bond acceptors (Lipinski definition) is 2. The van der Waals surface area contributed by atoms with Crippen LogP contribution in [-0.4, -0.2) is 22.2 Å².